The molecule has 4 aromatic heterocycles. The molecule has 0 fully saturated rings. The molecule has 0 saturated carbocycles. The fourth-order valence-corrected chi connectivity index (χ4v) is 4.19. The van der Waals surface area contributed by atoms with Crippen molar-refractivity contribution >= 4 is 28.5 Å². The van der Waals surface area contributed by atoms with E-state index in [-0.39, 0.29) is 10.9 Å². The second-order valence-corrected chi connectivity index (χ2v) is 8.60. The molecule has 0 aliphatic carbocycles. The molecule has 4 heterocycles. The number of benzene rings is 1. The molecule has 0 aliphatic rings. The first-order chi connectivity index (χ1) is 16.9. The number of hydrogen-bond acceptors (Lipinski definition) is 5. The third kappa shape index (κ3) is 4.58. The molecule has 0 aliphatic heterocycles. The molecule has 1 amide bonds. The number of H-pyrrole nitrogens is 1. The van der Waals surface area contributed by atoms with Gasteiger partial charge in [-0.05, 0) is 55.3 Å². The molecule has 0 bridgehead atoms. The van der Waals surface area contributed by atoms with E-state index in [0.717, 1.165) is 22.6 Å². The van der Waals surface area contributed by atoms with E-state index in [1.807, 2.05) is 62.4 Å². The van der Waals surface area contributed by atoms with Crippen molar-refractivity contribution < 1.29 is 9.21 Å². The van der Waals surface area contributed by atoms with Crippen LogP contribution < -0.4 is 10.7 Å². The smallest absolute Gasteiger partial charge is 0.257 e. The fraction of sp³-hybridized carbons (Fsp3) is 0.111. The Bertz CT molecular complexity index is 1600. The molecule has 0 saturated heterocycles. The maximum absolute atomic E-state index is 13.4. The zero-order valence-electron chi connectivity index (χ0n) is 19.1. The van der Waals surface area contributed by atoms with E-state index in [2.05, 4.69) is 15.3 Å². The number of carbonyl (C=O) groups is 1. The quantitative estimate of drug-likeness (QED) is 0.323. The number of nitrogens with one attached hydrogen (secondary N) is 2. The minimum atomic E-state index is -0.466. The first-order valence-corrected chi connectivity index (χ1v) is 11.4. The van der Waals surface area contributed by atoms with Crippen LogP contribution in [0.2, 0.25) is 5.15 Å². The lowest BCUT2D eigenvalue weighted by atomic mass is 10.0. The number of amides is 1. The van der Waals surface area contributed by atoms with E-state index in [1.54, 1.807) is 12.1 Å². The van der Waals surface area contributed by atoms with Crippen molar-refractivity contribution in [2.24, 2.45) is 0 Å². The summed E-state index contributed by atoms with van der Waals surface area (Å²) in [5.41, 5.74) is 3.51. The van der Waals surface area contributed by atoms with Crippen LogP contribution in [0.3, 0.4) is 0 Å². The largest absolute Gasteiger partial charge is 0.460 e. The van der Waals surface area contributed by atoms with Gasteiger partial charge in [0.05, 0.1) is 5.39 Å². The SMILES string of the molecule is Cc1cc(-c2cc3c(=O)c(C(=O)NCc4ccccc4)c[nH]c3nc2-c2ccc(C)o2)cc(Cl)n1. The number of rotatable bonds is 5. The lowest BCUT2D eigenvalue weighted by Gasteiger charge is -2.11. The van der Waals surface area contributed by atoms with Gasteiger partial charge in [0.15, 0.2) is 5.76 Å². The second kappa shape index (κ2) is 9.19. The molecule has 7 nitrogen and oxygen atoms in total. The number of nitrogens with zero attached hydrogens (tertiary/aromatic N) is 2. The van der Waals surface area contributed by atoms with Gasteiger partial charge in [0, 0.05) is 24.0 Å². The Morgan fingerprint density at radius 1 is 1.06 bits per heavy atom. The fourth-order valence-electron chi connectivity index (χ4n) is 3.94. The highest BCUT2D eigenvalue weighted by atomic mass is 35.5. The standard InChI is InChI=1S/C27H21ClN4O3/c1-15-10-18(11-23(28)31-15)19-12-20-25(33)21(27(34)30-13-17-6-4-3-5-7-17)14-29-26(20)32-24(19)22-9-8-16(2)35-22/h3-12,14H,13H2,1-2H3,(H,30,34)(H,29,32,33). The number of fused-ring (bicyclic) bond motifs is 1. The van der Waals surface area contributed by atoms with Gasteiger partial charge in [-0.1, -0.05) is 41.9 Å². The Kier molecular flexibility index (Phi) is 5.93. The first kappa shape index (κ1) is 22.6. The van der Waals surface area contributed by atoms with Crippen LogP contribution in [-0.2, 0) is 6.54 Å². The van der Waals surface area contributed by atoms with Gasteiger partial charge >= 0.3 is 0 Å². The number of aryl methyl sites for hydroxylation is 2. The molecular weight excluding hydrogens is 464 g/mol. The van der Waals surface area contributed by atoms with E-state index in [9.17, 15) is 9.59 Å². The van der Waals surface area contributed by atoms with Gasteiger partial charge in [0.1, 0.15) is 27.8 Å². The first-order valence-electron chi connectivity index (χ1n) is 11.0. The van der Waals surface area contributed by atoms with Crippen LogP contribution in [0.5, 0.6) is 0 Å². The van der Waals surface area contributed by atoms with E-state index < -0.39 is 11.3 Å². The minimum Gasteiger partial charge on any atom is -0.460 e. The molecule has 35 heavy (non-hydrogen) atoms. The van der Waals surface area contributed by atoms with E-state index in [4.69, 9.17) is 21.0 Å². The Morgan fingerprint density at radius 3 is 2.57 bits per heavy atom. The van der Waals surface area contributed by atoms with Crippen LogP contribution in [0.25, 0.3) is 33.6 Å². The highest BCUT2D eigenvalue weighted by Gasteiger charge is 2.19. The minimum absolute atomic E-state index is 0.00622. The van der Waals surface area contributed by atoms with E-state index >= 15 is 0 Å². The predicted molar refractivity (Wildman–Crippen MR) is 135 cm³/mol. The predicted octanol–water partition coefficient (Wildman–Crippen LogP) is 5.45. The van der Waals surface area contributed by atoms with Gasteiger partial charge < -0.3 is 14.7 Å². The Labute approximate surface area is 205 Å². The summed E-state index contributed by atoms with van der Waals surface area (Å²) in [6.45, 7) is 3.99. The van der Waals surface area contributed by atoms with Crippen LogP contribution in [0.15, 0.2) is 76.1 Å². The molecule has 5 rings (SSSR count). The molecule has 2 N–H and O–H groups in total. The van der Waals surface area contributed by atoms with Gasteiger partial charge in [-0.25, -0.2) is 9.97 Å². The summed E-state index contributed by atoms with van der Waals surface area (Å²) in [7, 11) is 0. The normalized spacial score (nSPS) is 11.1. The number of hydrogen-bond donors (Lipinski definition) is 2. The molecule has 0 unspecified atom stereocenters. The Morgan fingerprint density at radius 2 is 1.86 bits per heavy atom. The van der Waals surface area contributed by atoms with Crippen molar-refractivity contribution in [2.45, 2.75) is 20.4 Å². The summed E-state index contributed by atoms with van der Waals surface area (Å²) in [6.07, 6.45) is 1.39. The van der Waals surface area contributed by atoms with Gasteiger partial charge in [0.25, 0.3) is 5.91 Å². The third-order valence-electron chi connectivity index (χ3n) is 5.61. The highest BCUT2D eigenvalue weighted by Crippen LogP contribution is 2.34. The Balaban J connectivity index is 1.63. The summed E-state index contributed by atoms with van der Waals surface area (Å²) in [5, 5.41) is 3.41. The number of carbonyl (C=O) groups excluding carboxylic acids is 1. The highest BCUT2D eigenvalue weighted by molar-refractivity contribution is 6.29. The molecule has 8 heteroatoms. The van der Waals surface area contributed by atoms with Gasteiger partial charge in [-0.2, -0.15) is 0 Å². The van der Waals surface area contributed by atoms with Crippen molar-refractivity contribution in [2.75, 3.05) is 0 Å². The summed E-state index contributed by atoms with van der Waals surface area (Å²) in [6, 6.07) is 18.4. The van der Waals surface area contributed by atoms with Crippen molar-refractivity contribution in [3.63, 3.8) is 0 Å². The lowest BCUT2D eigenvalue weighted by molar-refractivity contribution is 0.0949. The summed E-state index contributed by atoms with van der Waals surface area (Å²) < 4.78 is 5.84. The molecule has 1 aromatic carbocycles. The molecule has 5 aromatic rings. The van der Waals surface area contributed by atoms with Crippen molar-refractivity contribution in [3.05, 3.63) is 105 Å². The van der Waals surface area contributed by atoms with Crippen LogP contribution in [-0.4, -0.2) is 20.9 Å². The van der Waals surface area contributed by atoms with E-state index in [0.29, 0.717) is 34.4 Å². The van der Waals surface area contributed by atoms with Crippen LogP contribution in [0.1, 0.15) is 27.4 Å². The number of pyridine rings is 3. The third-order valence-corrected chi connectivity index (χ3v) is 5.81. The average molecular weight is 485 g/mol. The molecule has 0 spiro atoms. The van der Waals surface area contributed by atoms with Crippen LogP contribution in [0.4, 0.5) is 0 Å². The van der Waals surface area contributed by atoms with Gasteiger partial charge in [0.2, 0.25) is 5.43 Å². The number of furan rings is 1. The topological polar surface area (TPSA) is 101 Å². The molecule has 0 atom stereocenters. The van der Waals surface area contributed by atoms with Crippen LogP contribution >= 0.6 is 11.6 Å². The van der Waals surface area contributed by atoms with Crippen LogP contribution in [0, 0.1) is 13.8 Å². The molecular formula is C27H21ClN4O3. The van der Waals surface area contributed by atoms with Crippen molar-refractivity contribution in [1.82, 2.24) is 20.3 Å². The second-order valence-electron chi connectivity index (χ2n) is 8.21. The number of aromatic nitrogens is 3. The Hall–Kier alpha value is -4.23. The molecule has 174 valence electrons. The van der Waals surface area contributed by atoms with Gasteiger partial charge in [-0.3, -0.25) is 9.59 Å². The van der Waals surface area contributed by atoms with Crippen molar-refractivity contribution in [1.29, 1.82) is 0 Å². The number of halogens is 1. The van der Waals surface area contributed by atoms with E-state index in [1.165, 1.54) is 6.20 Å². The maximum atomic E-state index is 13.4. The maximum Gasteiger partial charge on any atom is 0.257 e. The lowest BCUT2D eigenvalue weighted by Crippen LogP contribution is -2.28. The van der Waals surface area contributed by atoms with Crippen molar-refractivity contribution in [3.8, 4) is 22.6 Å². The zero-order valence-corrected chi connectivity index (χ0v) is 19.8. The average Bonchev–Trinajstić information content (AvgIpc) is 3.28. The monoisotopic (exact) mass is 484 g/mol. The van der Waals surface area contributed by atoms with Gasteiger partial charge in [-0.15, -0.1) is 0 Å². The summed E-state index contributed by atoms with van der Waals surface area (Å²) >= 11 is 6.23. The summed E-state index contributed by atoms with van der Waals surface area (Å²) in [4.78, 5) is 38.1. The number of aromatic amines is 1. The zero-order chi connectivity index (χ0) is 24.5. The molecule has 0 radical (unpaired) electrons. The summed E-state index contributed by atoms with van der Waals surface area (Å²) in [5.74, 6) is 0.818.